The van der Waals surface area contributed by atoms with Crippen LogP contribution in [0.1, 0.15) is 12.5 Å². The van der Waals surface area contributed by atoms with Gasteiger partial charge in [-0.1, -0.05) is 6.07 Å². The highest BCUT2D eigenvalue weighted by atomic mass is 16.7. The predicted molar refractivity (Wildman–Crippen MR) is 54.8 cm³/mol. The number of hydrogen-bond acceptors (Lipinski definition) is 3. The number of benzene rings is 1. The van der Waals surface area contributed by atoms with E-state index in [-0.39, 0.29) is 0 Å². The Balaban J connectivity index is 2.18. The molecule has 1 aliphatic heterocycles. The molecule has 1 aromatic carbocycles. The zero-order chi connectivity index (χ0) is 9.97. The molecule has 1 unspecified atom stereocenters. The summed E-state index contributed by atoms with van der Waals surface area (Å²) in [6.45, 7) is 2.49. The molecular formula is C11H15NO2. The summed E-state index contributed by atoms with van der Waals surface area (Å²) in [5.41, 5.74) is 1.24. The largest absolute Gasteiger partial charge is 0.457 e. The fourth-order valence-corrected chi connectivity index (χ4v) is 1.52. The maximum Gasteiger partial charge on any atom is 0.230 e. The topological polar surface area (TPSA) is 30.5 Å². The van der Waals surface area contributed by atoms with E-state index in [0.717, 1.165) is 17.9 Å². The fourth-order valence-electron chi connectivity index (χ4n) is 1.52. The van der Waals surface area contributed by atoms with Crippen molar-refractivity contribution in [2.24, 2.45) is 0 Å². The Morgan fingerprint density at radius 1 is 1.43 bits per heavy atom. The van der Waals surface area contributed by atoms with Gasteiger partial charge < -0.3 is 14.8 Å². The van der Waals surface area contributed by atoms with Crippen LogP contribution in [0.15, 0.2) is 18.2 Å². The lowest BCUT2D eigenvalue weighted by Crippen LogP contribution is -2.24. The van der Waals surface area contributed by atoms with Gasteiger partial charge in [-0.2, -0.15) is 0 Å². The minimum absolute atomic E-state index is 0.336. The van der Waals surface area contributed by atoms with Gasteiger partial charge in [-0.25, -0.2) is 0 Å². The first-order valence-electron chi connectivity index (χ1n) is 4.85. The summed E-state index contributed by atoms with van der Waals surface area (Å²) in [4.78, 5) is 0. The summed E-state index contributed by atoms with van der Waals surface area (Å²) in [7, 11) is 1.97. The van der Waals surface area contributed by atoms with Gasteiger partial charge in [0, 0.05) is 12.1 Å². The molecule has 2 rings (SSSR count). The molecule has 0 amide bonds. The van der Waals surface area contributed by atoms with Crippen molar-refractivity contribution in [2.75, 3.05) is 13.8 Å². The molecule has 3 nitrogen and oxygen atoms in total. The number of nitrogens with one attached hydrogen (secondary N) is 1. The molecular weight excluding hydrogens is 178 g/mol. The Hall–Kier alpha value is -1.22. The maximum absolute atomic E-state index is 5.41. The van der Waals surface area contributed by atoms with Crippen LogP contribution in [-0.4, -0.2) is 19.9 Å². The lowest BCUT2D eigenvalue weighted by atomic mass is 10.1. The molecule has 14 heavy (non-hydrogen) atoms. The molecule has 0 fully saturated rings. The molecule has 76 valence electrons. The van der Waals surface area contributed by atoms with Gasteiger partial charge in [0.25, 0.3) is 0 Å². The summed E-state index contributed by atoms with van der Waals surface area (Å²) >= 11 is 0. The van der Waals surface area contributed by atoms with Crippen molar-refractivity contribution in [2.45, 2.75) is 19.4 Å². The van der Waals surface area contributed by atoms with E-state index < -0.39 is 0 Å². The Bertz CT molecular complexity index is 325. The van der Waals surface area contributed by atoms with Crippen molar-refractivity contribution in [1.29, 1.82) is 0 Å². The highest BCUT2D eigenvalue weighted by molar-refractivity contribution is 5.42. The Morgan fingerprint density at radius 2 is 2.29 bits per heavy atom. The van der Waals surface area contributed by atoms with Crippen LogP contribution < -0.4 is 14.8 Å². The zero-order valence-electron chi connectivity index (χ0n) is 8.54. The second kappa shape index (κ2) is 3.88. The molecule has 0 spiro atoms. The van der Waals surface area contributed by atoms with Crippen LogP contribution in [0.2, 0.25) is 0 Å². The maximum atomic E-state index is 5.41. The van der Waals surface area contributed by atoms with Crippen LogP contribution in [0.4, 0.5) is 0 Å². The van der Waals surface area contributed by atoms with Crippen LogP contribution in [0.25, 0.3) is 0 Å². The first-order valence-corrected chi connectivity index (χ1v) is 4.85. The average Bonchev–Trinajstić information content (AvgIpc) is 2.23. The summed E-state index contributed by atoms with van der Waals surface area (Å²) < 4.78 is 10.6. The predicted octanol–water partition coefficient (Wildman–Crippen LogP) is 1.57. The molecule has 0 aromatic heterocycles. The van der Waals surface area contributed by atoms with Crippen molar-refractivity contribution in [1.82, 2.24) is 5.32 Å². The third-order valence-electron chi connectivity index (χ3n) is 2.50. The van der Waals surface area contributed by atoms with Gasteiger partial charge in [-0.05, 0) is 32.0 Å². The molecule has 1 aliphatic rings. The van der Waals surface area contributed by atoms with Crippen LogP contribution in [0.3, 0.4) is 0 Å². The van der Waals surface area contributed by atoms with E-state index in [1.165, 1.54) is 5.56 Å². The van der Waals surface area contributed by atoms with Crippen molar-refractivity contribution < 1.29 is 9.47 Å². The van der Waals surface area contributed by atoms with E-state index in [1.807, 2.05) is 19.2 Å². The molecule has 1 atom stereocenters. The number of hydrogen-bond donors (Lipinski definition) is 1. The monoisotopic (exact) mass is 193 g/mol. The minimum Gasteiger partial charge on any atom is -0.457 e. The van der Waals surface area contributed by atoms with Gasteiger partial charge in [-0.3, -0.25) is 0 Å². The summed E-state index contributed by atoms with van der Waals surface area (Å²) in [5, 5.41) is 3.21. The Morgan fingerprint density at radius 3 is 3.07 bits per heavy atom. The number of likely N-dealkylation sites (N-methyl/N-ethyl adjacent to an activating group) is 1. The van der Waals surface area contributed by atoms with Crippen LogP contribution in [0.5, 0.6) is 11.5 Å². The highest BCUT2D eigenvalue weighted by Gasteiger charge is 2.12. The molecule has 1 N–H and O–H groups in total. The van der Waals surface area contributed by atoms with Gasteiger partial charge in [0.05, 0.1) is 0 Å². The van der Waals surface area contributed by atoms with E-state index in [9.17, 15) is 0 Å². The lowest BCUT2D eigenvalue weighted by Gasteiger charge is -2.20. The minimum atomic E-state index is 0.336. The van der Waals surface area contributed by atoms with E-state index >= 15 is 0 Å². The van der Waals surface area contributed by atoms with E-state index in [0.29, 0.717) is 12.8 Å². The summed E-state index contributed by atoms with van der Waals surface area (Å²) in [6.07, 6.45) is 0.978. The third-order valence-corrected chi connectivity index (χ3v) is 2.50. The average molecular weight is 193 g/mol. The quantitative estimate of drug-likeness (QED) is 0.790. The molecule has 0 saturated heterocycles. The second-order valence-electron chi connectivity index (χ2n) is 3.57. The molecule has 1 heterocycles. The number of ether oxygens (including phenoxy) is 2. The van der Waals surface area contributed by atoms with Gasteiger partial charge in [0.15, 0.2) is 0 Å². The Kier molecular flexibility index (Phi) is 2.59. The van der Waals surface area contributed by atoms with Crippen molar-refractivity contribution >= 4 is 0 Å². The van der Waals surface area contributed by atoms with Gasteiger partial charge in [0.2, 0.25) is 6.79 Å². The van der Waals surface area contributed by atoms with Crippen LogP contribution in [-0.2, 0) is 6.42 Å². The normalized spacial score (nSPS) is 15.6. The van der Waals surface area contributed by atoms with Crippen LogP contribution in [0, 0.1) is 0 Å². The Labute approximate surface area is 84.0 Å². The molecule has 1 aromatic rings. The van der Waals surface area contributed by atoms with E-state index in [1.54, 1.807) is 0 Å². The highest BCUT2D eigenvalue weighted by Crippen LogP contribution is 2.29. The SMILES string of the molecule is CNC(C)Cc1ccc2cc1OCO2. The molecule has 0 aliphatic carbocycles. The lowest BCUT2D eigenvalue weighted by molar-refractivity contribution is 0.104. The van der Waals surface area contributed by atoms with E-state index in [4.69, 9.17) is 9.47 Å². The van der Waals surface area contributed by atoms with Gasteiger partial charge >= 0.3 is 0 Å². The summed E-state index contributed by atoms with van der Waals surface area (Å²) in [6, 6.07) is 6.46. The van der Waals surface area contributed by atoms with Crippen molar-refractivity contribution in [3.05, 3.63) is 23.8 Å². The first-order chi connectivity index (χ1) is 6.79. The molecule has 3 heteroatoms. The van der Waals surface area contributed by atoms with Gasteiger partial charge in [0.1, 0.15) is 11.5 Å². The molecule has 0 saturated carbocycles. The third kappa shape index (κ3) is 1.82. The zero-order valence-corrected chi connectivity index (χ0v) is 8.54. The van der Waals surface area contributed by atoms with Crippen molar-refractivity contribution in [3.8, 4) is 11.5 Å². The second-order valence-corrected chi connectivity index (χ2v) is 3.57. The summed E-state index contributed by atoms with van der Waals surface area (Å²) in [5.74, 6) is 1.85. The number of fused-ring (bicyclic) bond motifs is 2. The molecule has 0 radical (unpaired) electrons. The van der Waals surface area contributed by atoms with Crippen LogP contribution >= 0.6 is 0 Å². The smallest absolute Gasteiger partial charge is 0.230 e. The first kappa shape index (κ1) is 9.34. The van der Waals surface area contributed by atoms with E-state index in [2.05, 4.69) is 18.3 Å². The standard InChI is InChI=1S/C11H15NO2/c1-8(12-2)5-9-3-4-10-6-11(9)14-7-13-10/h3-4,6,8,12H,5,7H2,1-2H3. The molecule has 2 bridgehead atoms. The van der Waals surface area contributed by atoms with Crippen molar-refractivity contribution in [3.63, 3.8) is 0 Å². The van der Waals surface area contributed by atoms with Gasteiger partial charge in [-0.15, -0.1) is 0 Å². The number of rotatable bonds is 3. The fraction of sp³-hybridized carbons (Fsp3) is 0.455.